The molecule has 2 amide bonds. The van der Waals surface area contributed by atoms with E-state index >= 15 is 0 Å². The number of nitrogens with zero attached hydrogens (tertiary/aromatic N) is 1. The third kappa shape index (κ3) is 3.52. The van der Waals surface area contributed by atoms with Crippen molar-refractivity contribution in [2.75, 3.05) is 7.11 Å². The fourth-order valence-electron chi connectivity index (χ4n) is 2.86. The standard InChI is InChI=1S/C17H23N3O3/c1-4-10-17(11-5-2)14(21)19-16(20-15(17)22)18-12-6-8-13(23-3)9-7-12/h6-9H,4-5,10-11H2,1-3H3,(H2,18,19,20,21,22). The lowest BCUT2D eigenvalue weighted by Crippen LogP contribution is -2.62. The summed E-state index contributed by atoms with van der Waals surface area (Å²) in [7, 11) is 1.59. The maximum atomic E-state index is 12.5. The second-order valence-electron chi connectivity index (χ2n) is 5.65. The Morgan fingerprint density at radius 3 is 1.96 bits per heavy atom. The first kappa shape index (κ1) is 17.0. The zero-order valence-electron chi connectivity index (χ0n) is 13.8. The molecule has 6 nitrogen and oxygen atoms in total. The quantitative estimate of drug-likeness (QED) is 0.791. The Hall–Kier alpha value is -2.37. The molecule has 1 aromatic carbocycles. The van der Waals surface area contributed by atoms with Crippen LogP contribution in [0.5, 0.6) is 5.75 Å². The highest BCUT2D eigenvalue weighted by atomic mass is 16.5. The van der Waals surface area contributed by atoms with E-state index in [-0.39, 0.29) is 17.8 Å². The molecule has 124 valence electrons. The van der Waals surface area contributed by atoms with Gasteiger partial charge in [0.25, 0.3) is 0 Å². The van der Waals surface area contributed by atoms with Crippen LogP contribution in [0.2, 0.25) is 0 Å². The molecule has 0 unspecified atom stereocenters. The smallest absolute Gasteiger partial charge is 0.242 e. The van der Waals surface area contributed by atoms with Gasteiger partial charge in [-0.15, -0.1) is 0 Å². The zero-order chi connectivity index (χ0) is 16.9. The third-order valence-electron chi connectivity index (χ3n) is 4.00. The molecule has 1 heterocycles. The molecule has 2 rings (SSSR count). The van der Waals surface area contributed by atoms with Crippen LogP contribution < -0.4 is 15.4 Å². The van der Waals surface area contributed by atoms with E-state index in [0.29, 0.717) is 18.5 Å². The zero-order valence-corrected chi connectivity index (χ0v) is 13.8. The molecule has 0 saturated carbocycles. The summed E-state index contributed by atoms with van der Waals surface area (Å²) < 4.78 is 5.09. The van der Waals surface area contributed by atoms with Crippen LogP contribution in [-0.4, -0.2) is 24.9 Å². The molecule has 0 bridgehead atoms. The number of nitrogens with one attached hydrogen (secondary N) is 2. The van der Waals surface area contributed by atoms with Gasteiger partial charge in [0.2, 0.25) is 17.8 Å². The Kier molecular flexibility index (Phi) is 5.36. The summed E-state index contributed by atoms with van der Waals surface area (Å²) in [6, 6.07) is 7.04. The van der Waals surface area contributed by atoms with Gasteiger partial charge in [0, 0.05) is 0 Å². The van der Waals surface area contributed by atoms with Gasteiger partial charge in [-0.2, -0.15) is 0 Å². The van der Waals surface area contributed by atoms with Gasteiger partial charge < -0.3 is 4.74 Å². The summed E-state index contributed by atoms with van der Waals surface area (Å²) in [5, 5.41) is 5.46. The number of guanidine groups is 1. The Labute approximate surface area is 136 Å². The topological polar surface area (TPSA) is 79.8 Å². The van der Waals surface area contributed by atoms with Crippen molar-refractivity contribution in [1.82, 2.24) is 10.6 Å². The largest absolute Gasteiger partial charge is 0.497 e. The molecule has 0 atom stereocenters. The van der Waals surface area contributed by atoms with Crippen molar-refractivity contribution in [3.8, 4) is 5.75 Å². The van der Waals surface area contributed by atoms with E-state index in [1.54, 1.807) is 31.4 Å². The van der Waals surface area contributed by atoms with E-state index in [0.717, 1.165) is 18.6 Å². The average Bonchev–Trinajstić information content (AvgIpc) is 2.53. The number of aliphatic imine (C=N–C) groups is 1. The van der Waals surface area contributed by atoms with Crippen molar-refractivity contribution in [1.29, 1.82) is 0 Å². The minimum atomic E-state index is -0.984. The van der Waals surface area contributed by atoms with Gasteiger partial charge in [-0.05, 0) is 37.1 Å². The predicted octanol–water partition coefficient (Wildman–Crippen LogP) is 2.52. The Morgan fingerprint density at radius 1 is 1.00 bits per heavy atom. The molecule has 6 heteroatoms. The molecule has 1 fully saturated rings. The van der Waals surface area contributed by atoms with Gasteiger partial charge in [-0.3, -0.25) is 20.2 Å². The molecular formula is C17H23N3O3. The lowest BCUT2D eigenvalue weighted by Gasteiger charge is -2.35. The second kappa shape index (κ2) is 7.26. The lowest BCUT2D eigenvalue weighted by atomic mass is 9.76. The van der Waals surface area contributed by atoms with Gasteiger partial charge in [-0.1, -0.05) is 26.7 Å². The predicted molar refractivity (Wildman–Crippen MR) is 88.6 cm³/mol. The number of benzene rings is 1. The summed E-state index contributed by atoms with van der Waals surface area (Å²) in [5.74, 6) is 0.359. The van der Waals surface area contributed by atoms with Crippen molar-refractivity contribution in [3.05, 3.63) is 24.3 Å². The first-order chi connectivity index (χ1) is 11.1. The normalized spacial score (nSPS) is 16.6. The summed E-state index contributed by atoms with van der Waals surface area (Å²) in [6.07, 6.45) is 2.61. The highest BCUT2D eigenvalue weighted by Crippen LogP contribution is 2.32. The molecular weight excluding hydrogens is 294 g/mol. The van der Waals surface area contributed by atoms with Crippen LogP contribution in [0.25, 0.3) is 0 Å². The molecule has 0 aliphatic carbocycles. The van der Waals surface area contributed by atoms with E-state index in [4.69, 9.17) is 4.74 Å². The number of hydrogen-bond acceptors (Lipinski definition) is 4. The molecule has 0 spiro atoms. The summed E-state index contributed by atoms with van der Waals surface area (Å²) >= 11 is 0. The number of amides is 2. The Bertz CT molecular complexity index is 580. The highest BCUT2D eigenvalue weighted by Gasteiger charge is 2.47. The van der Waals surface area contributed by atoms with Crippen LogP contribution in [-0.2, 0) is 9.59 Å². The monoisotopic (exact) mass is 317 g/mol. The van der Waals surface area contributed by atoms with Gasteiger partial charge >= 0.3 is 0 Å². The molecule has 1 aliphatic rings. The third-order valence-corrected chi connectivity index (χ3v) is 4.00. The van der Waals surface area contributed by atoms with E-state index in [1.807, 2.05) is 13.8 Å². The van der Waals surface area contributed by atoms with Crippen LogP contribution >= 0.6 is 0 Å². The molecule has 2 N–H and O–H groups in total. The van der Waals surface area contributed by atoms with Crippen molar-refractivity contribution in [3.63, 3.8) is 0 Å². The van der Waals surface area contributed by atoms with Crippen LogP contribution in [0.3, 0.4) is 0 Å². The second-order valence-corrected chi connectivity index (χ2v) is 5.65. The maximum absolute atomic E-state index is 12.5. The number of methoxy groups -OCH3 is 1. The number of hydrogen-bond donors (Lipinski definition) is 2. The summed E-state index contributed by atoms with van der Waals surface area (Å²) in [5.41, 5.74) is -0.359. The average molecular weight is 317 g/mol. The van der Waals surface area contributed by atoms with Crippen molar-refractivity contribution >= 4 is 23.5 Å². The van der Waals surface area contributed by atoms with Crippen LogP contribution in [0.15, 0.2) is 29.3 Å². The fourth-order valence-corrected chi connectivity index (χ4v) is 2.86. The Morgan fingerprint density at radius 2 is 1.52 bits per heavy atom. The Balaban J connectivity index is 2.21. The molecule has 1 aliphatic heterocycles. The number of carbonyl (C=O) groups excluding carboxylic acids is 2. The van der Waals surface area contributed by atoms with Crippen LogP contribution in [0, 0.1) is 5.41 Å². The molecule has 0 aromatic heterocycles. The van der Waals surface area contributed by atoms with Crippen LogP contribution in [0.1, 0.15) is 39.5 Å². The number of ether oxygens (including phenoxy) is 1. The minimum absolute atomic E-state index is 0.174. The molecule has 23 heavy (non-hydrogen) atoms. The van der Waals surface area contributed by atoms with Gasteiger partial charge in [0.05, 0.1) is 12.8 Å². The molecule has 0 radical (unpaired) electrons. The van der Waals surface area contributed by atoms with E-state index in [1.165, 1.54) is 0 Å². The summed E-state index contributed by atoms with van der Waals surface area (Å²) in [4.78, 5) is 29.3. The first-order valence-electron chi connectivity index (χ1n) is 7.91. The van der Waals surface area contributed by atoms with E-state index in [9.17, 15) is 9.59 Å². The maximum Gasteiger partial charge on any atom is 0.242 e. The van der Waals surface area contributed by atoms with Gasteiger partial charge in [-0.25, -0.2) is 4.99 Å². The highest BCUT2D eigenvalue weighted by molar-refractivity contribution is 6.20. The van der Waals surface area contributed by atoms with E-state index < -0.39 is 5.41 Å². The van der Waals surface area contributed by atoms with Crippen molar-refractivity contribution in [2.24, 2.45) is 10.4 Å². The summed E-state index contributed by atoms with van der Waals surface area (Å²) in [6.45, 7) is 3.94. The molecule has 1 aromatic rings. The van der Waals surface area contributed by atoms with Gasteiger partial charge in [0.15, 0.2) is 0 Å². The van der Waals surface area contributed by atoms with E-state index in [2.05, 4.69) is 15.6 Å². The molecule has 1 saturated heterocycles. The van der Waals surface area contributed by atoms with Crippen molar-refractivity contribution < 1.29 is 14.3 Å². The van der Waals surface area contributed by atoms with Crippen molar-refractivity contribution in [2.45, 2.75) is 39.5 Å². The minimum Gasteiger partial charge on any atom is -0.497 e. The SMILES string of the molecule is CCCC1(CCC)C(=O)NC(=Nc2ccc(OC)cc2)NC1=O. The van der Waals surface area contributed by atoms with Crippen LogP contribution in [0.4, 0.5) is 5.69 Å². The fraction of sp³-hybridized carbons (Fsp3) is 0.471. The van der Waals surface area contributed by atoms with Gasteiger partial charge in [0.1, 0.15) is 11.2 Å². The number of carbonyl (C=O) groups is 2. The first-order valence-corrected chi connectivity index (χ1v) is 7.91. The lowest BCUT2D eigenvalue weighted by molar-refractivity contribution is -0.144. The number of rotatable bonds is 6.